The number of hydrogen-bond donors (Lipinski definition) is 2. The molecule has 2 saturated carbocycles. The van der Waals surface area contributed by atoms with E-state index in [0.29, 0.717) is 24.7 Å². The number of rotatable bonds is 7. The first kappa shape index (κ1) is 16.3. The molecule has 3 nitrogen and oxygen atoms in total. The van der Waals surface area contributed by atoms with Gasteiger partial charge in [-0.1, -0.05) is 27.7 Å². The maximum Gasteiger partial charge on any atom is 0.0681 e. The highest BCUT2D eigenvalue weighted by Gasteiger charge is 2.45. The van der Waals surface area contributed by atoms with E-state index in [9.17, 15) is 5.11 Å². The molecule has 2 aliphatic carbocycles. The lowest BCUT2D eigenvalue weighted by molar-refractivity contribution is -0.0475. The van der Waals surface area contributed by atoms with Gasteiger partial charge < -0.3 is 15.2 Å². The fourth-order valence-corrected chi connectivity index (χ4v) is 3.62. The van der Waals surface area contributed by atoms with Gasteiger partial charge in [0, 0.05) is 6.04 Å². The lowest BCUT2D eigenvalue weighted by atomic mass is 9.80. The smallest absolute Gasteiger partial charge is 0.0681 e. The molecular weight excluding hydrogens is 250 g/mol. The van der Waals surface area contributed by atoms with E-state index in [1.165, 1.54) is 32.1 Å². The van der Waals surface area contributed by atoms with E-state index in [4.69, 9.17) is 4.74 Å². The lowest BCUT2D eigenvalue weighted by Crippen LogP contribution is -2.57. The summed E-state index contributed by atoms with van der Waals surface area (Å²) in [6.45, 7) is 9.84. The molecular formula is C17H33NO2. The maximum absolute atomic E-state index is 9.92. The number of nitrogens with one attached hydrogen (secondary N) is 1. The Hall–Kier alpha value is -0.120. The van der Waals surface area contributed by atoms with Crippen LogP contribution < -0.4 is 5.32 Å². The third kappa shape index (κ3) is 3.96. The summed E-state index contributed by atoms with van der Waals surface area (Å²) in [5, 5.41) is 13.5. The standard InChI is InChI=1S/C17H33NO2/c1-12(2)18-17(10-19,15-6-7-15)11-20-16-8-5-13(3)14(4)9-16/h12-16,18-19H,5-11H2,1-4H3. The van der Waals surface area contributed by atoms with Crippen LogP contribution in [0, 0.1) is 17.8 Å². The van der Waals surface area contributed by atoms with Crippen LogP contribution >= 0.6 is 0 Å². The quantitative estimate of drug-likeness (QED) is 0.755. The van der Waals surface area contributed by atoms with Crippen molar-refractivity contribution >= 4 is 0 Å². The molecule has 4 unspecified atom stereocenters. The summed E-state index contributed by atoms with van der Waals surface area (Å²) in [6.07, 6.45) is 6.47. The van der Waals surface area contributed by atoms with Crippen LogP contribution in [-0.2, 0) is 4.74 Å². The third-order valence-corrected chi connectivity index (χ3v) is 5.34. The molecule has 0 aliphatic heterocycles. The van der Waals surface area contributed by atoms with Gasteiger partial charge in [0.1, 0.15) is 0 Å². The van der Waals surface area contributed by atoms with Gasteiger partial charge in [0.05, 0.1) is 24.9 Å². The zero-order valence-corrected chi connectivity index (χ0v) is 13.7. The molecule has 0 saturated heterocycles. The topological polar surface area (TPSA) is 41.5 Å². The third-order valence-electron chi connectivity index (χ3n) is 5.34. The molecule has 0 aromatic carbocycles. The summed E-state index contributed by atoms with van der Waals surface area (Å²) < 4.78 is 6.24. The summed E-state index contributed by atoms with van der Waals surface area (Å²) in [4.78, 5) is 0. The molecule has 3 heteroatoms. The molecule has 0 bridgehead atoms. The van der Waals surface area contributed by atoms with Gasteiger partial charge in [-0.3, -0.25) is 0 Å². The van der Waals surface area contributed by atoms with Crippen molar-refractivity contribution < 1.29 is 9.84 Å². The minimum Gasteiger partial charge on any atom is -0.394 e. The molecule has 2 fully saturated rings. The second-order valence-corrected chi connectivity index (χ2v) is 7.59. The van der Waals surface area contributed by atoms with Gasteiger partial charge in [-0.05, 0) is 49.9 Å². The minimum atomic E-state index is -0.208. The van der Waals surface area contributed by atoms with Gasteiger partial charge in [-0.25, -0.2) is 0 Å². The van der Waals surface area contributed by atoms with Crippen LogP contribution in [0.2, 0.25) is 0 Å². The largest absolute Gasteiger partial charge is 0.394 e. The molecule has 0 aromatic heterocycles. The highest BCUT2D eigenvalue weighted by molar-refractivity contribution is 5.02. The van der Waals surface area contributed by atoms with E-state index in [2.05, 4.69) is 33.0 Å². The molecule has 0 amide bonds. The van der Waals surface area contributed by atoms with Crippen molar-refractivity contribution in [3.8, 4) is 0 Å². The van der Waals surface area contributed by atoms with Gasteiger partial charge in [0.15, 0.2) is 0 Å². The average Bonchev–Trinajstić information content (AvgIpc) is 3.23. The molecule has 0 aromatic rings. The normalized spacial score (nSPS) is 34.2. The predicted molar refractivity (Wildman–Crippen MR) is 82.7 cm³/mol. The second kappa shape index (κ2) is 6.76. The lowest BCUT2D eigenvalue weighted by Gasteiger charge is -2.38. The predicted octanol–water partition coefficient (Wildman–Crippen LogP) is 2.97. The van der Waals surface area contributed by atoms with Crippen molar-refractivity contribution in [1.29, 1.82) is 0 Å². The van der Waals surface area contributed by atoms with E-state index in [1.54, 1.807) is 0 Å². The average molecular weight is 283 g/mol. The van der Waals surface area contributed by atoms with Crippen molar-refractivity contribution in [3.05, 3.63) is 0 Å². The van der Waals surface area contributed by atoms with Gasteiger partial charge in [-0.15, -0.1) is 0 Å². The molecule has 0 spiro atoms. The van der Waals surface area contributed by atoms with E-state index in [0.717, 1.165) is 11.8 Å². The van der Waals surface area contributed by atoms with Crippen LogP contribution in [0.3, 0.4) is 0 Å². The van der Waals surface area contributed by atoms with Gasteiger partial charge in [0.2, 0.25) is 0 Å². The van der Waals surface area contributed by atoms with Crippen molar-refractivity contribution in [2.75, 3.05) is 13.2 Å². The SMILES string of the molecule is CC(C)NC(CO)(COC1CCC(C)C(C)C1)C1CC1. The minimum absolute atomic E-state index is 0.189. The van der Waals surface area contributed by atoms with Crippen molar-refractivity contribution in [1.82, 2.24) is 5.32 Å². The molecule has 2 aliphatic rings. The summed E-state index contributed by atoms with van der Waals surface area (Å²) in [5.74, 6) is 2.18. The van der Waals surface area contributed by atoms with E-state index in [1.807, 2.05) is 0 Å². The molecule has 2 N–H and O–H groups in total. The van der Waals surface area contributed by atoms with E-state index < -0.39 is 0 Å². The fraction of sp³-hybridized carbons (Fsp3) is 1.00. The Morgan fingerprint density at radius 1 is 1.15 bits per heavy atom. The Balaban J connectivity index is 1.88. The van der Waals surface area contributed by atoms with Crippen LogP contribution in [0.25, 0.3) is 0 Å². The van der Waals surface area contributed by atoms with E-state index >= 15 is 0 Å². The van der Waals surface area contributed by atoms with E-state index in [-0.39, 0.29) is 12.1 Å². The highest BCUT2D eigenvalue weighted by atomic mass is 16.5. The zero-order chi connectivity index (χ0) is 14.8. The first-order chi connectivity index (χ1) is 9.47. The summed E-state index contributed by atoms with van der Waals surface area (Å²) in [7, 11) is 0. The Morgan fingerprint density at radius 2 is 1.85 bits per heavy atom. The summed E-state index contributed by atoms with van der Waals surface area (Å²) in [5.41, 5.74) is -0.208. The Labute approximate surface area is 124 Å². The van der Waals surface area contributed by atoms with Crippen LogP contribution in [-0.4, -0.2) is 36.0 Å². The van der Waals surface area contributed by atoms with Gasteiger partial charge >= 0.3 is 0 Å². The number of aliphatic hydroxyl groups excluding tert-OH is 1. The van der Waals surface area contributed by atoms with Crippen molar-refractivity contribution in [3.63, 3.8) is 0 Å². The Kier molecular flexibility index (Phi) is 5.49. The van der Waals surface area contributed by atoms with Crippen LogP contribution in [0.4, 0.5) is 0 Å². The van der Waals surface area contributed by atoms with Crippen LogP contribution in [0.5, 0.6) is 0 Å². The van der Waals surface area contributed by atoms with Gasteiger partial charge in [-0.2, -0.15) is 0 Å². The molecule has 4 atom stereocenters. The number of ether oxygens (including phenoxy) is 1. The monoisotopic (exact) mass is 283 g/mol. The van der Waals surface area contributed by atoms with Crippen molar-refractivity contribution in [2.45, 2.75) is 77.5 Å². The summed E-state index contributed by atoms with van der Waals surface area (Å²) in [6, 6.07) is 0.386. The number of hydrogen-bond acceptors (Lipinski definition) is 3. The summed E-state index contributed by atoms with van der Waals surface area (Å²) >= 11 is 0. The van der Waals surface area contributed by atoms with Crippen LogP contribution in [0.1, 0.15) is 59.8 Å². The zero-order valence-electron chi connectivity index (χ0n) is 13.7. The maximum atomic E-state index is 9.92. The molecule has 0 heterocycles. The van der Waals surface area contributed by atoms with Crippen molar-refractivity contribution in [2.24, 2.45) is 17.8 Å². The fourth-order valence-electron chi connectivity index (χ4n) is 3.62. The molecule has 2 rings (SSSR count). The van der Waals surface area contributed by atoms with Gasteiger partial charge in [0.25, 0.3) is 0 Å². The highest BCUT2D eigenvalue weighted by Crippen LogP contribution is 2.41. The Morgan fingerprint density at radius 3 is 2.35 bits per heavy atom. The Bertz CT molecular complexity index is 303. The van der Waals surface area contributed by atoms with Crippen LogP contribution in [0.15, 0.2) is 0 Å². The first-order valence-corrected chi connectivity index (χ1v) is 8.47. The molecule has 0 radical (unpaired) electrons. The molecule has 20 heavy (non-hydrogen) atoms. The molecule has 118 valence electrons. The first-order valence-electron chi connectivity index (χ1n) is 8.47. The second-order valence-electron chi connectivity index (χ2n) is 7.59. The number of aliphatic hydroxyl groups is 1.